The van der Waals surface area contributed by atoms with E-state index in [4.69, 9.17) is 0 Å². The minimum Gasteiger partial charge on any atom is -0.300 e. The first-order valence-corrected chi connectivity index (χ1v) is 10.7. The van der Waals surface area contributed by atoms with Gasteiger partial charge in [-0.2, -0.15) is 4.31 Å². The van der Waals surface area contributed by atoms with E-state index in [1.54, 1.807) is 16.4 Å². The van der Waals surface area contributed by atoms with E-state index >= 15 is 0 Å². The molecule has 1 heterocycles. The van der Waals surface area contributed by atoms with Gasteiger partial charge < -0.3 is 4.90 Å². The fraction of sp³-hybridized carbons (Fsp3) is 0.381. The van der Waals surface area contributed by atoms with E-state index in [2.05, 4.69) is 4.90 Å². The monoisotopic (exact) mass is 386 g/mol. The Kier molecular flexibility index (Phi) is 6.09. The zero-order chi connectivity index (χ0) is 19.4. The number of piperazine rings is 1. The molecular weight excluding hydrogens is 360 g/mol. The number of hydrogen-bond acceptors (Lipinski definition) is 4. The van der Waals surface area contributed by atoms with E-state index in [1.807, 2.05) is 50.2 Å². The Hall–Kier alpha value is -2.02. The van der Waals surface area contributed by atoms with Crippen LogP contribution in [0.4, 0.5) is 0 Å². The van der Waals surface area contributed by atoms with Crippen molar-refractivity contribution in [2.24, 2.45) is 0 Å². The van der Waals surface area contributed by atoms with Crippen LogP contribution in [0.15, 0.2) is 53.4 Å². The van der Waals surface area contributed by atoms with Crippen molar-refractivity contribution in [2.75, 3.05) is 32.7 Å². The number of hydrogen-bond donors (Lipinski definition) is 0. The highest BCUT2D eigenvalue weighted by molar-refractivity contribution is 7.89. The molecule has 0 aromatic heterocycles. The van der Waals surface area contributed by atoms with Crippen LogP contribution in [0.5, 0.6) is 0 Å². The maximum absolute atomic E-state index is 12.9. The van der Waals surface area contributed by atoms with Crippen LogP contribution in [0.1, 0.15) is 27.9 Å². The topological polar surface area (TPSA) is 57.7 Å². The van der Waals surface area contributed by atoms with E-state index in [0.29, 0.717) is 44.0 Å². The standard InChI is InChI=1S/C21H26N2O3S/c1-17-8-9-20(16-18(17)2)27(25,26)23-14-12-22(13-15-23)11-10-21(24)19-6-4-3-5-7-19/h3-9,16H,10-15H2,1-2H3. The quantitative estimate of drug-likeness (QED) is 0.717. The summed E-state index contributed by atoms with van der Waals surface area (Å²) in [6.45, 7) is 6.75. The van der Waals surface area contributed by atoms with Gasteiger partial charge in [-0.1, -0.05) is 36.4 Å². The minimum atomic E-state index is -3.46. The number of carbonyl (C=O) groups is 1. The average molecular weight is 387 g/mol. The van der Waals surface area contributed by atoms with Crippen molar-refractivity contribution >= 4 is 15.8 Å². The molecule has 2 aromatic rings. The Morgan fingerprint density at radius 3 is 2.22 bits per heavy atom. The van der Waals surface area contributed by atoms with Crippen molar-refractivity contribution in [1.82, 2.24) is 9.21 Å². The molecule has 0 saturated carbocycles. The number of ketones is 1. The van der Waals surface area contributed by atoms with Crippen LogP contribution in [0.2, 0.25) is 0 Å². The summed E-state index contributed by atoms with van der Waals surface area (Å²) < 4.78 is 27.3. The van der Waals surface area contributed by atoms with Crippen molar-refractivity contribution in [3.8, 4) is 0 Å². The van der Waals surface area contributed by atoms with Gasteiger partial charge >= 0.3 is 0 Å². The first kappa shape index (κ1) is 19.7. The molecule has 0 spiro atoms. The van der Waals surface area contributed by atoms with E-state index in [1.165, 1.54) is 0 Å². The van der Waals surface area contributed by atoms with E-state index in [9.17, 15) is 13.2 Å². The summed E-state index contributed by atoms with van der Waals surface area (Å²) in [5.74, 6) is 0.126. The van der Waals surface area contributed by atoms with Gasteiger partial charge in [-0.25, -0.2) is 8.42 Å². The molecular formula is C21H26N2O3S. The number of carbonyl (C=O) groups excluding carboxylic acids is 1. The van der Waals surface area contributed by atoms with Crippen LogP contribution < -0.4 is 0 Å². The highest BCUT2D eigenvalue weighted by Crippen LogP contribution is 2.20. The molecule has 0 atom stereocenters. The summed E-state index contributed by atoms with van der Waals surface area (Å²) in [5, 5.41) is 0. The van der Waals surface area contributed by atoms with Crippen LogP contribution in [0.3, 0.4) is 0 Å². The van der Waals surface area contributed by atoms with Crippen molar-refractivity contribution in [1.29, 1.82) is 0 Å². The fourth-order valence-corrected chi connectivity index (χ4v) is 4.75. The van der Waals surface area contributed by atoms with E-state index in [-0.39, 0.29) is 5.78 Å². The summed E-state index contributed by atoms with van der Waals surface area (Å²) in [5.41, 5.74) is 2.80. The molecule has 0 radical (unpaired) electrons. The molecule has 1 fully saturated rings. The van der Waals surface area contributed by atoms with Gasteiger partial charge in [0.15, 0.2) is 5.78 Å². The molecule has 2 aromatic carbocycles. The Balaban J connectivity index is 1.55. The van der Waals surface area contributed by atoms with Crippen LogP contribution in [-0.2, 0) is 10.0 Å². The Labute approximate surface area is 161 Å². The number of rotatable bonds is 6. The summed E-state index contributed by atoms with van der Waals surface area (Å²) >= 11 is 0. The van der Waals surface area contributed by atoms with Crippen molar-refractivity contribution in [3.05, 3.63) is 65.2 Å². The molecule has 0 aliphatic carbocycles. The molecule has 1 aliphatic heterocycles. The lowest BCUT2D eigenvalue weighted by Crippen LogP contribution is -2.48. The maximum atomic E-state index is 12.9. The highest BCUT2D eigenvalue weighted by atomic mass is 32.2. The van der Waals surface area contributed by atoms with Crippen molar-refractivity contribution in [3.63, 3.8) is 0 Å². The van der Waals surface area contributed by atoms with Gasteiger partial charge in [0.1, 0.15) is 0 Å². The second kappa shape index (κ2) is 8.33. The van der Waals surface area contributed by atoms with E-state index < -0.39 is 10.0 Å². The molecule has 1 saturated heterocycles. The fourth-order valence-electron chi connectivity index (χ4n) is 3.24. The van der Waals surface area contributed by atoms with Gasteiger partial charge in [0.2, 0.25) is 10.0 Å². The Bertz CT molecular complexity index is 902. The SMILES string of the molecule is Cc1ccc(S(=O)(=O)N2CCN(CCC(=O)c3ccccc3)CC2)cc1C. The lowest BCUT2D eigenvalue weighted by atomic mass is 10.1. The lowest BCUT2D eigenvalue weighted by Gasteiger charge is -2.33. The van der Waals surface area contributed by atoms with Crippen molar-refractivity contribution < 1.29 is 13.2 Å². The lowest BCUT2D eigenvalue weighted by molar-refractivity contribution is 0.0952. The first-order valence-electron chi connectivity index (χ1n) is 9.26. The molecule has 144 valence electrons. The molecule has 0 amide bonds. The molecule has 0 unspecified atom stereocenters. The molecule has 0 N–H and O–H groups in total. The Morgan fingerprint density at radius 1 is 0.926 bits per heavy atom. The molecule has 5 nitrogen and oxygen atoms in total. The van der Waals surface area contributed by atoms with Gasteiger partial charge in [-0.15, -0.1) is 0 Å². The third-order valence-electron chi connectivity index (χ3n) is 5.20. The van der Waals surface area contributed by atoms with Crippen LogP contribution in [0.25, 0.3) is 0 Å². The van der Waals surface area contributed by atoms with Crippen LogP contribution >= 0.6 is 0 Å². The number of nitrogens with zero attached hydrogens (tertiary/aromatic N) is 2. The normalized spacial score (nSPS) is 16.4. The third kappa shape index (κ3) is 4.64. The van der Waals surface area contributed by atoms with Crippen molar-refractivity contribution in [2.45, 2.75) is 25.2 Å². The predicted octanol–water partition coefficient (Wildman–Crippen LogP) is 2.88. The highest BCUT2D eigenvalue weighted by Gasteiger charge is 2.28. The summed E-state index contributed by atoms with van der Waals surface area (Å²) in [4.78, 5) is 14.7. The van der Waals surface area contributed by atoms with Crippen LogP contribution in [0, 0.1) is 13.8 Å². The van der Waals surface area contributed by atoms with Gasteiger partial charge in [-0.05, 0) is 37.1 Å². The predicted molar refractivity (Wildman–Crippen MR) is 107 cm³/mol. The van der Waals surface area contributed by atoms with Gasteiger partial charge in [0.25, 0.3) is 0 Å². The zero-order valence-electron chi connectivity index (χ0n) is 15.9. The summed E-state index contributed by atoms with van der Waals surface area (Å²) in [6, 6.07) is 14.6. The number of aryl methyl sites for hydroxylation is 2. The second-order valence-corrected chi connectivity index (χ2v) is 8.97. The van der Waals surface area contributed by atoms with Gasteiger partial charge in [0, 0.05) is 44.7 Å². The maximum Gasteiger partial charge on any atom is 0.243 e. The number of benzene rings is 2. The third-order valence-corrected chi connectivity index (χ3v) is 7.09. The average Bonchev–Trinajstić information content (AvgIpc) is 2.69. The molecule has 1 aliphatic rings. The van der Waals surface area contributed by atoms with Gasteiger partial charge in [-0.3, -0.25) is 4.79 Å². The first-order chi connectivity index (χ1) is 12.9. The Morgan fingerprint density at radius 2 is 1.59 bits per heavy atom. The molecule has 6 heteroatoms. The molecule has 3 rings (SSSR count). The van der Waals surface area contributed by atoms with Crippen LogP contribution in [-0.4, -0.2) is 56.1 Å². The number of sulfonamides is 1. The summed E-state index contributed by atoms with van der Waals surface area (Å²) in [7, 11) is -3.46. The molecule has 0 bridgehead atoms. The smallest absolute Gasteiger partial charge is 0.243 e. The van der Waals surface area contributed by atoms with E-state index in [0.717, 1.165) is 16.7 Å². The zero-order valence-corrected chi connectivity index (χ0v) is 16.7. The second-order valence-electron chi connectivity index (χ2n) is 7.03. The largest absolute Gasteiger partial charge is 0.300 e. The molecule has 27 heavy (non-hydrogen) atoms. The summed E-state index contributed by atoms with van der Waals surface area (Å²) in [6.07, 6.45) is 0.452. The minimum absolute atomic E-state index is 0.126. The van der Waals surface area contributed by atoms with Gasteiger partial charge in [0.05, 0.1) is 4.90 Å². The number of Topliss-reactive ketones (excluding diaryl/α,β-unsaturated/α-hetero) is 1.